The van der Waals surface area contributed by atoms with Gasteiger partial charge in [-0.2, -0.15) is 0 Å². The third-order valence-corrected chi connectivity index (χ3v) is 4.82. The molecule has 4 heteroatoms. The van der Waals surface area contributed by atoms with E-state index in [9.17, 15) is 4.79 Å². The lowest BCUT2D eigenvalue weighted by molar-refractivity contribution is 0.102. The van der Waals surface area contributed by atoms with Crippen LogP contribution in [-0.4, -0.2) is 23.9 Å². The van der Waals surface area contributed by atoms with Crippen LogP contribution in [0, 0.1) is 13.8 Å². The van der Waals surface area contributed by atoms with Crippen molar-refractivity contribution < 1.29 is 4.79 Å². The topological polar surface area (TPSA) is 32.3 Å². The van der Waals surface area contributed by atoms with E-state index in [0.717, 1.165) is 47.6 Å². The first kappa shape index (κ1) is 19.5. The normalized spacial score (nSPS) is 14.6. The molecule has 2 aromatic rings. The van der Waals surface area contributed by atoms with Gasteiger partial charge in [-0.25, -0.2) is 0 Å². The van der Waals surface area contributed by atoms with Gasteiger partial charge in [0.2, 0.25) is 0 Å². The maximum Gasteiger partial charge on any atom is 0.256 e. The van der Waals surface area contributed by atoms with Crippen LogP contribution in [0.2, 0.25) is 0 Å². The summed E-state index contributed by atoms with van der Waals surface area (Å²) in [6.45, 7) is 7.18. The average Bonchev–Trinajstić information content (AvgIpc) is 2.59. The fourth-order valence-electron chi connectivity index (χ4n) is 3.43. The summed E-state index contributed by atoms with van der Waals surface area (Å²) in [5.41, 5.74) is 5.01. The Hall–Kier alpha value is -1.84. The van der Waals surface area contributed by atoms with Crippen LogP contribution in [0.15, 0.2) is 42.5 Å². The molecule has 0 unspecified atom stereocenters. The van der Waals surface area contributed by atoms with Crippen LogP contribution >= 0.6 is 12.4 Å². The number of likely N-dealkylation sites (tertiary alicyclic amines) is 1. The Morgan fingerprint density at radius 3 is 2.28 bits per heavy atom. The smallest absolute Gasteiger partial charge is 0.256 e. The number of hydrogen-bond donors (Lipinski definition) is 1. The van der Waals surface area contributed by atoms with Crippen molar-refractivity contribution in [2.45, 2.75) is 39.7 Å². The van der Waals surface area contributed by atoms with Gasteiger partial charge in [0.15, 0.2) is 0 Å². The van der Waals surface area contributed by atoms with Gasteiger partial charge < -0.3 is 5.32 Å². The van der Waals surface area contributed by atoms with Gasteiger partial charge >= 0.3 is 0 Å². The molecule has 0 bridgehead atoms. The molecule has 2 aromatic carbocycles. The van der Waals surface area contributed by atoms with E-state index in [2.05, 4.69) is 16.3 Å². The molecule has 0 radical (unpaired) electrons. The Morgan fingerprint density at radius 2 is 1.60 bits per heavy atom. The highest BCUT2D eigenvalue weighted by Gasteiger charge is 2.16. The Labute approximate surface area is 156 Å². The molecule has 0 aliphatic carbocycles. The minimum atomic E-state index is -0.0139. The number of nitrogens with zero attached hydrogens (tertiary/aromatic N) is 1. The van der Waals surface area contributed by atoms with Gasteiger partial charge in [0, 0.05) is 17.8 Å². The molecule has 1 aliphatic rings. The first-order valence-electron chi connectivity index (χ1n) is 8.83. The van der Waals surface area contributed by atoms with Crippen LogP contribution in [-0.2, 0) is 6.54 Å². The number of carbonyl (C=O) groups excluding carboxylic acids is 1. The van der Waals surface area contributed by atoms with Crippen LogP contribution < -0.4 is 5.32 Å². The van der Waals surface area contributed by atoms with E-state index in [4.69, 9.17) is 0 Å². The van der Waals surface area contributed by atoms with E-state index < -0.39 is 0 Å². The maximum atomic E-state index is 12.9. The fourth-order valence-corrected chi connectivity index (χ4v) is 3.43. The molecular formula is C21H27ClN2O. The second-order valence-electron chi connectivity index (χ2n) is 6.71. The van der Waals surface area contributed by atoms with Crippen molar-refractivity contribution in [2.24, 2.45) is 0 Å². The SMILES string of the molecule is Cc1cccc(C)c1NC(=O)c1ccccc1CN1CCCCC1.Cl. The number of halogens is 1. The molecule has 1 N–H and O–H groups in total. The zero-order valence-corrected chi connectivity index (χ0v) is 15.9. The molecule has 1 amide bonds. The van der Waals surface area contributed by atoms with Crippen molar-refractivity contribution in [3.8, 4) is 0 Å². The number of piperidine rings is 1. The van der Waals surface area contributed by atoms with Gasteiger partial charge in [-0.15, -0.1) is 12.4 Å². The lowest BCUT2D eigenvalue weighted by Gasteiger charge is -2.27. The van der Waals surface area contributed by atoms with Crippen molar-refractivity contribution in [1.29, 1.82) is 0 Å². The van der Waals surface area contributed by atoms with Gasteiger partial charge in [-0.1, -0.05) is 42.8 Å². The second-order valence-corrected chi connectivity index (χ2v) is 6.71. The third kappa shape index (κ3) is 4.83. The van der Waals surface area contributed by atoms with Crippen LogP contribution in [0.4, 0.5) is 5.69 Å². The maximum absolute atomic E-state index is 12.9. The molecule has 3 nitrogen and oxygen atoms in total. The Kier molecular flexibility index (Phi) is 7.03. The zero-order chi connectivity index (χ0) is 16.9. The fraction of sp³-hybridized carbons (Fsp3) is 0.381. The van der Waals surface area contributed by atoms with Crippen molar-refractivity contribution in [2.75, 3.05) is 18.4 Å². The zero-order valence-electron chi connectivity index (χ0n) is 15.0. The number of hydrogen-bond acceptors (Lipinski definition) is 2. The van der Waals surface area contributed by atoms with Gasteiger partial charge in [0.05, 0.1) is 0 Å². The highest BCUT2D eigenvalue weighted by atomic mass is 35.5. The van der Waals surface area contributed by atoms with Gasteiger partial charge in [0.1, 0.15) is 0 Å². The number of para-hydroxylation sites is 1. The first-order chi connectivity index (χ1) is 11.6. The van der Waals surface area contributed by atoms with E-state index in [-0.39, 0.29) is 18.3 Å². The van der Waals surface area contributed by atoms with Gasteiger partial charge in [-0.3, -0.25) is 9.69 Å². The summed E-state index contributed by atoms with van der Waals surface area (Å²) in [6.07, 6.45) is 3.85. The van der Waals surface area contributed by atoms with E-state index in [1.807, 2.05) is 50.2 Å². The molecular weight excluding hydrogens is 332 g/mol. The standard InChI is InChI=1S/C21H26N2O.ClH/c1-16-9-8-10-17(2)20(16)22-21(24)19-12-5-4-11-18(19)15-23-13-6-3-7-14-23;/h4-5,8-12H,3,6-7,13-15H2,1-2H3,(H,22,24);1H. The quantitative estimate of drug-likeness (QED) is 0.837. The molecule has 3 rings (SSSR count). The lowest BCUT2D eigenvalue weighted by Crippen LogP contribution is -2.30. The van der Waals surface area contributed by atoms with Gasteiger partial charge in [0.25, 0.3) is 5.91 Å². The highest BCUT2D eigenvalue weighted by molar-refractivity contribution is 6.06. The molecule has 1 heterocycles. The number of amides is 1. The highest BCUT2D eigenvalue weighted by Crippen LogP contribution is 2.22. The predicted octanol–water partition coefficient (Wildman–Crippen LogP) is 4.96. The summed E-state index contributed by atoms with van der Waals surface area (Å²) in [6, 6.07) is 14.1. The number of carbonyl (C=O) groups is 1. The Balaban J connectivity index is 0.00000225. The summed E-state index contributed by atoms with van der Waals surface area (Å²) in [5.74, 6) is -0.0139. The molecule has 0 atom stereocenters. The van der Waals surface area contributed by atoms with Crippen LogP contribution in [0.5, 0.6) is 0 Å². The Bertz CT molecular complexity index is 703. The van der Waals surface area contributed by atoms with Crippen LogP contribution in [0.25, 0.3) is 0 Å². The van der Waals surface area contributed by atoms with Gasteiger partial charge in [-0.05, 0) is 62.5 Å². The summed E-state index contributed by atoms with van der Waals surface area (Å²) in [4.78, 5) is 15.3. The number of nitrogens with one attached hydrogen (secondary N) is 1. The molecule has 0 aromatic heterocycles. The number of rotatable bonds is 4. The monoisotopic (exact) mass is 358 g/mol. The Morgan fingerprint density at radius 1 is 0.960 bits per heavy atom. The van der Waals surface area contributed by atoms with Crippen molar-refractivity contribution in [1.82, 2.24) is 4.90 Å². The van der Waals surface area contributed by atoms with Crippen LogP contribution in [0.3, 0.4) is 0 Å². The molecule has 134 valence electrons. The van der Waals surface area contributed by atoms with E-state index in [0.29, 0.717) is 0 Å². The summed E-state index contributed by atoms with van der Waals surface area (Å²) in [5, 5.41) is 3.11. The average molecular weight is 359 g/mol. The van der Waals surface area contributed by atoms with Crippen molar-refractivity contribution in [3.63, 3.8) is 0 Å². The minimum Gasteiger partial charge on any atom is -0.321 e. The largest absolute Gasteiger partial charge is 0.321 e. The molecule has 1 fully saturated rings. The summed E-state index contributed by atoms with van der Waals surface area (Å²) in [7, 11) is 0. The molecule has 0 spiro atoms. The third-order valence-electron chi connectivity index (χ3n) is 4.82. The van der Waals surface area contributed by atoms with Crippen LogP contribution in [0.1, 0.15) is 46.3 Å². The summed E-state index contributed by atoms with van der Waals surface area (Å²) < 4.78 is 0. The number of anilines is 1. The van der Waals surface area contributed by atoms with E-state index in [1.165, 1.54) is 19.3 Å². The predicted molar refractivity (Wildman–Crippen MR) is 107 cm³/mol. The van der Waals surface area contributed by atoms with E-state index in [1.54, 1.807) is 0 Å². The first-order valence-corrected chi connectivity index (χ1v) is 8.83. The second kappa shape index (κ2) is 9.02. The number of aryl methyl sites for hydroxylation is 2. The van der Waals surface area contributed by atoms with Crippen molar-refractivity contribution >= 4 is 24.0 Å². The molecule has 0 saturated carbocycles. The van der Waals surface area contributed by atoms with Crippen molar-refractivity contribution in [3.05, 3.63) is 64.7 Å². The van der Waals surface area contributed by atoms with E-state index >= 15 is 0 Å². The molecule has 1 saturated heterocycles. The molecule has 1 aliphatic heterocycles. The number of benzene rings is 2. The molecule has 25 heavy (non-hydrogen) atoms. The summed E-state index contributed by atoms with van der Waals surface area (Å²) >= 11 is 0. The minimum absolute atomic E-state index is 0. The lowest BCUT2D eigenvalue weighted by atomic mass is 10.0.